The van der Waals surface area contributed by atoms with Gasteiger partial charge in [0.15, 0.2) is 0 Å². The highest BCUT2D eigenvalue weighted by Crippen LogP contribution is 2.30. The van der Waals surface area contributed by atoms with Crippen molar-refractivity contribution in [2.24, 2.45) is 0 Å². The highest BCUT2D eigenvalue weighted by atomic mass is 16.6. The lowest BCUT2D eigenvalue weighted by atomic mass is 10.0. The number of carbonyl (C=O) groups is 1. The number of aromatic hydroxyl groups is 2. The molecule has 7 nitrogen and oxygen atoms in total. The van der Waals surface area contributed by atoms with E-state index in [1.54, 1.807) is 24.3 Å². The highest BCUT2D eigenvalue weighted by Gasteiger charge is 2.16. The van der Waals surface area contributed by atoms with E-state index in [9.17, 15) is 19.8 Å². The van der Waals surface area contributed by atoms with Crippen LogP contribution in [0.4, 0.5) is 4.79 Å². The first-order valence-corrected chi connectivity index (χ1v) is 8.22. The highest BCUT2D eigenvalue weighted by molar-refractivity contribution is 5.88. The fraction of sp³-hybridized carbons (Fsp3) is 0.200. The Morgan fingerprint density at radius 3 is 2.41 bits per heavy atom. The zero-order chi connectivity index (χ0) is 19.8. The van der Waals surface area contributed by atoms with Gasteiger partial charge in [0, 0.05) is 17.7 Å². The van der Waals surface area contributed by atoms with Gasteiger partial charge in [-0.2, -0.15) is 0 Å². The van der Waals surface area contributed by atoms with E-state index in [2.05, 4.69) is 5.32 Å². The van der Waals surface area contributed by atoms with Gasteiger partial charge in [0.2, 0.25) is 5.43 Å². The number of phenols is 2. The van der Waals surface area contributed by atoms with Crippen molar-refractivity contribution in [2.45, 2.75) is 26.3 Å². The van der Waals surface area contributed by atoms with Gasteiger partial charge in [-0.05, 0) is 38.5 Å². The first-order valence-electron chi connectivity index (χ1n) is 8.22. The van der Waals surface area contributed by atoms with Crippen molar-refractivity contribution in [3.8, 4) is 28.4 Å². The smallest absolute Gasteiger partial charge is 0.413 e. The number of phenolic OH excluding ortho intramolecular Hbond substituents is 2. The third-order valence-electron chi connectivity index (χ3n) is 3.69. The minimum absolute atomic E-state index is 0.0184. The van der Waals surface area contributed by atoms with Crippen LogP contribution < -0.4 is 15.5 Å². The fourth-order valence-electron chi connectivity index (χ4n) is 2.56. The molecule has 2 aromatic carbocycles. The van der Waals surface area contributed by atoms with Gasteiger partial charge in [-0.3, -0.25) is 4.79 Å². The molecule has 1 amide bonds. The Bertz CT molecular complexity index is 1060. The summed E-state index contributed by atoms with van der Waals surface area (Å²) in [6.07, 6.45) is 0.677. The Morgan fingerprint density at radius 1 is 1.11 bits per heavy atom. The summed E-state index contributed by atoms with van der Waals surface area (Å²) in [6, 6.07) is 8.65. The third kappa shape index (κ3) is 4.03. The van der Waals surface area contributed by atoms with E-state index < -0.39 is 17.1 Å². The summed E-state index contributed by atoms with van der Waals surface area (Å²) >= 11 is 0. The van der Waals surface area contributed by atoms with E-state index in [0.29, 0.717) is 11.3 Å². The Labute approximate surface area is 154 Å². The molecule has 1 aromatic heterocycles. The van der Waals surface area contributed by atoms with E-state index in [1.165, 1.54) is 12.3 Å². The molecule has 0 unspecified atom stereocenters. The normalized spacial score (nSPS) is 11.4. The second-order valence-electron chi connectivity index (χ2n) is 7.11. The predicted octanol–water partition coefficient (Wildman–Crippen LogP) is 3.76. The summed E-state index contributed by atoms with van der Waals surface area (Å²) in [5.74, 6) is -0.246. The Balaban J connectivity index is 1.91. The first-order chi connectivity index (χ1) is 12.6. The molecule has 0 spiro atoms. The predicted molar refractivity (Wildman–Crippen MR) is 100 cm³/mol. The van der Waals surface area contributed by atoms with Gasteiger partial charge in [0.1, 0.15) is 34.5 Å². The molecule has 0 radical (unpaired) electrons. The molecule has 7 heteroatoms. The lowest BCUT2D eigenvalue weighted by molar-refractivity contribution is 0.190. The van der Waals surface area contributed by atoms with Gasteiger partial charge in [-0.15, -0.1) is 0 Å². The monoisotopic (exact) mass is 369 g/mol. The van der Waals surface area contributed by atoms with Crippen molar-refractivity contribution in [3.05, 3.63) is 52.9 Å². The fourth-order valence-corrected chi connectivity index (χ4v) is 2.56. The molecule has 0 atom stereocenters. The van der Waals surface area contributed by atoms with Gasteiger partial charge < -0.3 is 24.7 Å². The average Bonchev–Trinajstić information content (AvgIpc) is 2.53. The zero-order valence-corrected chi connectivity index (χ0v) is 15.1. The van der Waals surface area contributed by atoms with Crippen LogP contribution in [0.1, 0.15) is 20.8 Å². The number of hydrogen-bond acceptors (Lipinski definition) is 6. The van der Waals surface area contributed by atoms with E-state index in [0.717, 1.165) is 6.07 Å². The van der Waals surface area contributed by atoms with Crippen LogP contribution in [0.3, 0.4) is 0 Å². The molecule has 3 aromatic rings. The van der Waals surface area contributed by atoms with Gasteiger partial charge in [0.25, 0.3) is 0 Å². The molecule has 3 N–H and O–H groups in total. The molecule has 0 saturated heterocycles. The maximum atomic E-state index is 12.7. The maximum Gasteiger partial charge on any atom is 0.413 e. The minimum atomic E-state index is -0.579. The molecule has 0 saturated carbocycles. The maximum absolute atomic E-state index is 12.7. The molecular formula is C20H19NO6. The Morgan fingerprint density at radius 2 is 1.78 bits per heavy atom. The summed E-state index contributed by atoms with van der Waals surface area (Å²) in [5, 5.41) is 22.1. The number of benzene rings is 2. The summed E-state index contributed by atoms with van der Waals surface area (Å²) < 4.78 is 10.6. The molecule has 0 fully saturated rings. The molecule has 140 valence electrons. The van der Waals surface area contributed by atoms with Crippen molar-refractivity contribution in [1.29, 1.82) is 0 Å². The van der Waals surface area contributed by atoms with Crippen LogP contribution in [-0.4, -0.2) is 21.8 Å². The van der Waals surface area contributed by atoms with Crippen molar-refractivity contribution in [1.82, 2.24) is 5.32 Å². The van der Waals surface area contributed by atoms with E-state index >= 15 is 0 Å². The number of hydrogen-bond donors (Lipinski definition) is 3. The van der Waals surface area contributed by atoms with Crippen molar-refractivity contribution in [2.75, 3.05) is 0 Å². The molecular weight excluding hydrogens is 350 g/mol. The number of fused-ring (bicyclic) bond motifs is 1. The zero-order valence-electron chi connectivity index (χ0n) is 15.1. The first kappa shape index (κ1) is 18.3. The Hall–Kier alpha value is -3.48. The lowest BCUT2D eigenvalue weighted by Crippen LogP contribution is -2.42. The third-order valence-corrected chi connectivity index (χ3v) is 3.69. The second-order valence-corrected chi connectivity index (χ2v) is 7.11. The van der Waals surface area contributed by atoms with Crippen LogP contribution in [0.15, 0.2) is 51.9 Å². The number of carbonyl (C=O) groups excluding carboxylic acids is 1. The van der Waals surface area contributed by atoms with Crippen molar-refractivity contribution >= 4 is 17.1 Å². The van der Waals surface area contributed by atoms with Gasteiger partial charge in [-0.25, -0.2) is 4.79 Å². The van der Waals surface area contributed by atoms with E-state index in [1.807, 2.05) is 20.8 Å². The molecule has 0 aliphatic rings. The topological polar surface area (TPSA) is 109 Å². The van der Waals surface area contributed by atoms with E-state index in [-0.39, 0.29) is 28.0 Å². The molecule has 3 rings (SSSR count). The number of ether oxygens (including phenoxy) is 1. The standard InChI is InChI=1S/C20H19NO6/c1-20(2,3)21-19(25)27-13-6-4-11(5-7-13)14-10-26-16-9-12(22)8-15(23)17(16)18(14)24/h4-10,22-23H,1-3H3,(H,21,25). The minimum Gasteiger partial charge on any atom is -0.508 e. The van der Waals surface area contributed by atoms with Crippen molar-refractivity contribution < 1.29 is 24.2 Å². The summed E-state index contributed by atoms with van der Waals surface area (Å²) in [6.45, 7) is 5.52. The number of rotatable bonds is 2. The SMILES string of the molecule is CC(C)(C)NC(=O)Oc1ccc(-c2coc3cc(O)cc(O)c3c2=O)cc1. The van der Waals surface area contributed by atoms with Crippen LogP contribution in [0.5, 0.6) is 17.2 Å². The summed E-state index contributed by atoms with van der Waals surface area (Å²) in [7, 11) is 0. The quantitative estimate of drug-likeness (QED) is 0.635. The van der Waals surface area contributed by atoms with Gasteiger partial charge in [-0.1, -0.05) is 12.1 Å². The summed E-state index contributed by atoms with van der Waals surface area (Å²) in [5.41, 5.74) is -0.0128. The number of amides is 1. The van der Waals surface area contributed by atoms with Crippen LogP contribution >= 0.6 is 0 Å². The van der Waals surface area contributed by atoms with Crippen LogP contribution in [0.25, 0.3) is 22.1 Å². The second kappa shape index (κ2) is 6.68. The van der Waals surface area contributed by atoms with Gasteiger partial charge >= 0.3 is 6.09 Å². The van der Waals surface area contributed by atoms with Crippen LogP contribution in [-0.2, 0) is 0 Å². The molecule has 27 heavy (non-hydrogen) atoms. The summed E-state index contributed by atoms with van der Waals surface area (Å²) in [4.78, 5) is 24.5. The average molecular weight is 369 g/mol. The largest absolute Gasteiger partial charge is 0.508 e. The number of nitrogens with one attached hydrogen (secondary N) is 1. The van der Waals surface area contributed by atoms with Crippen molar-refractivity contribution in [3.63, 3.8) is 0 Å². The Kier molecular flexibility index (Phi) is 4.53. The lowest BCUT2D eigenvalue weighted by Gasteiger charge is -2.19. The van der Waals surface area contributed by atoms with Crippen LogP contribution in [0.2, 0.25) is 0 Å². The van der Waals surface area contributed by atoms with E-state index in [4.69, 9.17) is 9.15 Å². The molecule has 0 bridgehead atoms. The molecule has 0 aliphatic heterocycles. The van der Waals surface area contributed by atoms with Crippen LogP contribution in [0, 0.1) is 0 Å². The van der Waals surface area contributed by atoms with Gasteiger partial charge in [0.05, 0.1) is 5.56 Å². The molecule has 1 heterocycles. The molecule has 0 aliphatic carbocycles.